The van der Waals surface area contributed by atoms with Crippen molar-refractivity contribution in [3.8, 4) is 11.1 Å². The fourth-order valence-corrected chi connectivity index (χ4v) is 4.46. The molecule has 1 saturated heterocycles. The summed E-state index contributed by atoms with van der Waals surface area (Å²) in [4.78, 5) is 42.6. The minimum absolute atomic E-state index is 0.0124. The van der Waals surface area contributed by atoms with E-state index in [4.69, 9.17) is 0 Å². The maximum Gasteiger partial charge on any atom is 0.241 e. The Kier molecular flexibility index (Phi) is 5.94. The van der Waals surface area contributed by atoms with E-state index < -0.39 is 5.41 Å². The molecule has 0 spiro atoms. The van der Waals surface area contributed by atoms with Gasteiger partial charge in [-0.25, -0.2) is 0 Å². The van der Waals surface area contributed by atoms with Crippen LogP contribution < -0.4 is 0 Å². The summed E-state index contributed by atoms with van der Waals surface area (Å²) in [6.07, 6.45) is 3.75. The first kappa shape index (κ1) is 21.3. The minimum atomic E-state index is -1.10. The zero-order chi connectivity index (χ0) is 22.0. The lowest BCUT2D eigenvalue weighted by Crippen LogP contribution is -2.43. The largest absolute Gasteiger partial charge is 0.346 e. The Morgan fingerprint density at radius 2 is 1.68 bits per heavy atom. The van der Waals surface area contributed by atoms with E-state index in [1.54, 1.807) is 11.9 Å². The van der Waals surface area contributed by atoms with Crippen molar-refractivity contribution in [3.05, 3.63) is 60.2 Å². The Morgan fingerprint density at radius 3 is 2.29 bits per heavy atom. The van der Waals surface area contributed by atoms with E-state index in [1.165, 1.54) is 4.90 Å². The molecule has 1 saturated carbocycles. The molecule has 2 aromatic carbocycles. The molecular formula is C26H30N2O3. The standard InChI is InChI=1S/C26H30N2O3/c1-3-4-16-27(2)23(29)17-26(18-24(30)28(25(26)31)22-14-15-22)21-12-10-20(11-13-21)19-8-6-5-7-9-19/h5-13,22H,3-4,14-18H2,1-2H3. The molecule has 162 valence electrons. The highest BCUT2D eigenvalue weighted by atomic mass is 16.2. The number of nitrogens with zero attached hydrogens (tertiary/aromatic N) is 2. The number of likely N-dealkylation sites (tertiary alicyclic amines) is 1. The Balaban J connectivity index is 1.67. The molecule has 1 unspecified atom stereocenters. The second-order valence-electron chi connectivity index (χ2n) is 8.85. The van der Waals surface area contributed by atoms with Crippen molar-refractivity contribution in [3.63, 3.8) is 0 Å². The van der Waals surface area contributed by atoms with E-state index in [0.29, 0.717) is 6.54 Å². The lowest BCUT2D eigenvalue weighted by molar-refractivity contribution is -0.143. The Bertz CT molecular complexity index is 966. The molecule has 1 heterocycles. The van der Waals surface area contributed by atoms with Gasteiger partial charge in [-0.2, -0.15) is 0 Å². The van der Waals surface area contributed by atoms with Crippen LogP contribution in [0.15, 0.2) is 54.6 Å². The van der Waals surface area contributed by atoms with Crippen LogP contribution in [0, 0.1) is 0 Å². The second kappa shape index (κ2) is 8.66. The van der Waals surface area contributed by atoms with E-state index in [9.17, 15) is 14.4 Å². The summed E-state index contributed by atoms with van der Waals surface area (Å²) in [5, 5.41) is 0. The predicted octanol–water partition coefficient (Wildman–Crippen LogP) is 4.16. The molecule has 2 aromatic rings. The molecule has 2 fully saturated rings. The minimum Gasteiger partial charge on any atom is -0.346 e. The summed E-state index contributed by atoms with van der Waals surface area (Å²) in [6, 6.07) is 17.8. The number of hydrogen-bond acceptors (Lipinski definition) is 3. The van der Waals surface area contributed by atoms with Crippen molar-refractivity contribution < 1.29 is 14.4 Å². The van der Waals surface area contributed by atoms with Crippen molar-refractivity contribution in [1.29, 1.82) is 0 Å². The molecule has 4 rings (SSSR count). The van der Waals surface area contributed by atoms with Gasteiger partial charge in [0.05, 0.1) is 5.41 Å². The zero-order valence-electron chi connectivity index (χ0n) is 18.3. The molecule has 1 aliphatic heterocycles. The number of rotatable bonds is 8. The van der Waals surface area contributed by atoms with Crippen molar-refractivity contribution >= 4 is 17.7 Å². The molecule has 1 atom stereocenters. The SMILES string of the molecule is CCCCN(C)C(=O)CC1(c2ccc(-c3ccccc3)cc2)CC(=O)N(C2CC2)C1=O. The van der Waals surface area contributed by atoms with E-state index in [1.807, 2.05) is 54.6 Å². The third-order valence-corrected chi connectivity index (χ3v) is 6.53. The Labute approximate surface area is 184 Å². The fraction of sp³-hybridized carbons (Fsp3) is 0.423. The Morgan fingerprint density at radius 1 is 1.03 bits per heavy atom. The third-order valence-electron chi connectivity index (χ3n) is 6.53. The zero-order valence-corrected chi connectivity index (χ0v) is 18.3. The highest BCUT2D eigenvalue weighted by Crippen LogP contribution is 2.44. The quantitative estimate of drug-likeness (QED) is 0.605. The van der Waals surface area contributed by atoms with Crippen LogP contribution >= 0.6 is 0 Å². The topological polar surface area (TPSA) is 57.7 Å². The molecule has 3 amide bonds. The predicted molar refractivity (Wildman–Crippen MR) is 120 cm³/mol. The first-order valence-corrected chi connectivity index (χ1v) is 11.2. The van der Waals surface area contributed by atoms with Gasteiger partial charge in [-0.15, -0.1) is 0 Å². The average molecular weight is 419 g/mol. The molecule has 0 bridgehead atoms. The smallest absolute Gasteiger partial charge is 0.241 e. The first-order valence-electron chi connectivity index (χ1n) is 11.2. The number of carbonyl (C=O) groups excluding carboxylic acids is 3. The summed E-state index contributed by atoms with van der Waals surface area (Å²) in [7, 11) is 1.78. The van der Waals surface area contributed by atoms with Gasteiger partial charge in [-0.05, 0) is 36.0 Å². The van der Waals surface area contributed by atoms with Crippen molar-refractivity contribution in [1.82, 2.24) is 9.80 Å². The van der Waals surface area contributed by atoms with Gasteiger partial charge in [-0.1, -0.05) is 67.9 Å². The van der Waals surface area contributed by atoms with Crippen LogP contribution in [0.2, 0.25) is 0 Å². The molecule has 5 heteroatoms. The van der Waals surface area contributed by atoms with Crippen LogP contribution in [0.5, 0.6) is 0 Å². The highest BCUT2D eigenvalue weighted by Gasteiger charge is 2.57. The van der Waals surface area contributed by atoms with Crippen molar-refractivity contribution in [2.45, 2.75) is 56.9 Å². The van der Waals surface area contributed by atoms with E-state index in [0.717, 1.165) is 42.4 Å². The highest BCUT2D eigenvalue weighted by molar-refractivity contribution is 6.11. The van der Waals surface area contributed by atoms with Gasteiger partial charge < -0.3 is 4.90 Å². The van der Waals surface area contributed by atoms with Gasteiger partial charge in [0.1, 0.15) is 0 Å². The number of carbonyl (C=O) groups is 3. The number of imide groups is 1. The second-order valence-corrected chi connectivity index (χ2v) is 8.85. The van der Waals surface area contributed by atoms with Crippen LogP contribution in [-0.2, 0) is 19.8 Å². The van der Waals surface area contributed by atoms with Crippen LogP contribution in [0.1, 0.15) is 51.0 Å². The van der Waals surface area contributed by atoms with Gasteiger partial charge in [0.2, 0.25) is 17.7 Å². The first-order chi connectivity index (χ1) is 15.0. The monoisotopic (exact) mass is 418 g/mol. The van der Waals surface area contributed by atoms with E-state index in [-0.39, 0.29) is 36.6 Å². The van der Waals surface area contributed by atoms with Gasteiger partial charge in [-0.3, -0.25) is 19.3 Å². The number of hydrogen-bond donors (Lipinski definition) is 0. The molecule has 2 aliphatic rings. The molecule has 0 aromatic heterocycles. The number of amides is 3. The Hall–Kier alpha value is -2.95. The van der Waals surface area contributed by atoms with Crippen molar-refractivity contribution in [2.24, 2.45) is 0 Å². The van der Waals surface area contributed by atoms with Gasteiger partial charge >= 0.3 is 0 Å². The molecule has 31 heavy (non-hydrogen) atoms. The fourth-order valence-electron chi connectivity index (χ4n) is 4.46. The summed E-state index contributed by atoms with van der Waals surface area (Å²) < 4.78 is 0. The number of benzene rings is 2. The van der Waals surface area contributed by atoms with E-state index >= 15 is 0 Å². The van der Waals surface area contributed by atoms with Crippen LogP contribution in [0.25, 0.3) is 11.1 Å². The molecule has 0 radical (unpaired) electrons. The van der Waals surface area contributed by atoms with Gasteiger partial charge in [0.25, 0.3) is 0 Å². The van der Waals surface area contributed by atoms with Crippen LogP contribution in [0.3, 0.4) is 0 Å². The summed E-state index contributed by atoms with van der Waals surface area (Å²) in [6.45, 7) is 2.74. The van der Waals surface area contributed by atoms with Crippen LogP contribution in [0.4, 0.5) is 0 Å². The molecular weight excluding hydrogens is 388 g/mol. The lowest BCUT2D eigenvalue weighted by Gasteiger charge is -2.29. The molecule has 1 aliphatic carbocycles. The number of unbranched alkanes of at least 4 members (excludes halogenated alkanes) is 1. The average Bonchev–Trinajstić information content (AvgIpc) is 3.58. The summed E-state index contributed by atoms with van der Waals surface area (Å²) in [5.74, 6) is -0.437. The summed E-state index contributed by atoms with van der Waals surface area (Å²) >= 11 is 0. The van der Waals surface area contributed by atoms with Gasteiger partial charge in [0.15, 0.2) is 0 Å². The van der Waals surface area contributed by atoms with Gasteiger partial charge in [0, 0.05) is 32.5 Å². The van der Waals surface area contributed by atoms with E-state index in [2.05, 4.69) is 6.92 Å². The van der Waals surface area contributed by atoms with Crippen molar-refractivity contribution in [2.75, 3.05) is 13.6 Å². The normalized spacial score (nSPS) is 20.9. The maximum atomic E-state index is 13.6. The van der Waals surface area contributed by atoms with Crippen LogP contribution in [-0.4, -0.2) is 47.2 Å². The third kappa shape index (κ3) is 4.14. The summed E-state index contributed by atoms with van der Waals surface area (Å²) in [5.41, 5.74) is 1.78. The lowest BCUT2D eigenvalue weighted by atomic mass is 9.75. The maximum absolute atomic E-state index is 13.6. The molecule has 5 nitrogen and oxygen atoms in total. The molecule has 0 N–H and O–H groups in total.